The van der Waals surface area contributed by atoms with Gasteiger partial charge in [0, 0.05) is 18.7 Å². The van der Waals surface area contributed by atoms with E-state index in [1.54, 1.807) is 7.11 Å². The number of nitrogens with zero attached hydrogens (tertiary/aromatic N) is 1. The lowest BCUT2D eigenvalue weighted by Crippen LogP contribution is -2.33. The van der Waals surface area contributed by atoms with Crippen LogP contribution in [0.15, 0.2) is 18.2 Å². The molecular weight excluding hydrogens is 204 g/mol. The Morgan fingerprint density at radius 3 is 2.62 bits per heavy atom. The van der Waals surface area contributed by atoms with E-state index in [9.17, 15) is 0 Å². The summed E-state index contributed by atoms with van der Waals surface area (Å²) in [6.07, 6.45) is 0. The lowest BCUT2D eigenvalue weighted by Gasteiger charge is -2.29. The lowest BCUT2D eigenvalue weighted by atomic mass is 10.2. The molecule has 0 aromatic heterocycles. The van der Waals surface area contributed by atoms with Gasteiger partial charge in [-0.3, -0.25) is 0 Å². The van der Waals surface area contributed by atoms with Gasteiger partial charge in [0.15, 0.2) is 0 Å². The molecule has 0 spiro atoms. The highest BCUT2D eigenvalue weighted by atomic mass is 16.5. The fraction of sp³-hybridized carbons (Fsp3) is 0.500. The standard InChI is InChI=1S/C12H20N2O2/c1-9(2)14(6-7-15)12-8-10(16-3)4-5-11(12)13/h4-5,8-9,15H,6-7,13H2,1-3H3. The van der Waals surface area contributed by atoms with Crippen molar-refractivity contribution < 1.29 is 9.84 Å². The second-order valence-electron chi connectivity index (χ2n) is 3.94. The van der Waals surface area contributed by atoms with E-state index in [1.165, 1.54) is 0 Å². The van der Waals surface area contributed by atoms with Crippen molar-refractivity contribution in [1.82, 2.24) is 0 Å². The number of methoxy groups -OCH3 is 1. The van der Waals surface area contributed by atoms with Crippen molar-refractivity contribution in [3.05, 3.63) is 18.2 Å². The summed E-state index contributed by atoms with van der Waals surface area (Å²) in [6.45, 7) is 4.80. The highest BCUT2D eigenvalue weighted by molar-refractivity contribution is 5.70. The topological polar surface area (TPSA) is 58.7 Å². The van der Waals surface area contributed by atoms with Crippen LogP contribution in [0.1, 0.15) is 13.8 Å². The third kappa shape index (κ3) is 2.79. The minimum absolute atomic E-state index is 0.106. The van der Waals surface area contributed by atoms with Crippen molar-refractivity contribution in [3.8, 4) is 5.75 Å². The Kier molecular flexibility index (Phi) is 4.43. The minimum Gasteiger partial charge on any atom is -0.497 e. The van der Waals surface area contributed by atoms with Gasteiger partial charge < -0.3 is 20.5 Å². The van der Waals surface area contributed by atoms with Crippen LogP contribution in [0.2, 0.25) is 0 Å². The summed E-state index contributed by atoms with van der Waals surface area (Å²) in [5.74, 6) is 0.771. The highest BCUT2D eigenvalue weighted by Gasteiger charge is 2.13. The van der Waals surface area contributed by atoms with Crippen LogP contribution in [-0.4, -0.2) is 31.4 Å². The van der Waals surface area contributed by atoms with Gasteiger partial charge in [0.05, 0.1) is 25.1 Å². The molecule has 90 valence electrons. The minimum atomic E-state index is 0.106. The molecule has 4 heteroatoms. The highest BCUT2D eigenvalue weighted by Crippen LogP contribution is 2.29. The summed E-state index contributed by atoms with van der Waals surface area (Å²) in [6, 6.07) is 5.82. The maximum atomic E-state index is 9.05. The Labute approximate surface area is 96.6 Å². The molecule has 0 aliphatic heterocycles. The van der Waals surface area contributed by atoms with E-state index in [-0.39, 0.29) is 12.6 Å². The average Bonchev–Trinajstić information content (AvgIpc) is 2.27. The molecule has 16 heavy (non-hydrogen) atoms. The number of anilines is 2. The van der Waals surface area contributed by atoms with Gasteiger partial charge in [-0.15, -0.1) is 0 Å². The zero-order chi connectivity index (χ0) is 12.1. The van der Waals surface area contributed by atoms with Crippen molar-refractivity contribution in [3.63, 3.8) is 0 Å². The second-order valence-corrected chi connectivity index (χ2v) is 3.94. The molecule has 0 aliphatic carbocycles. The molecule has 0 amide bonds. The largest absolute Gasteiger partial charge is 0.497 e. The average molecular weight is 224 g/mol. The third-order valence-electron chi connectivity index (χ3n) is 2.51. The van der Waals surface area contributed by atoms with E-state index in [1.807, 2.05) is 18.2 Å². The van der Waals surface area contributed by atoms with Crippen LogP contribution in [-0.2, 0) is 0 Å². The molecule has 1 rings (SSSR count). The van der Waals surface area contributed by atoms with E-state index in [4.69, 9.17) is 15.6 Å². The van der Waals surface area contributed by atoms with Crippen molar-refractivity contribution >= 4 is 11.4 Å². The van der Waals surface area contributed by atoms with Crippen LogP contribution in [0.3, 0.4) is 0 Å². The Balaban J connectivity index is 3.06. The maximum absolute atomic E-state index is 9.05. The molecular formula is C12H20N2O2. The number of hydrogen-bond donors (Lipinski definition) is 2. The van der Waals surface area contributed by atoms with Gasteiger partial charge in [-0.2, -0.15) is 0 Å². The summed E-state index contributed by atoms with van der Waals surface area (Å²) >= 11 is 0. The molecule has 4 nitrogen and oxygen atoms in total. The Morgan fingerprint density at radius 1 is 1.44 bits per heavy atom. The van der Waals surface area contributed by atoms with E-state index in [0.29, 0.717) is 12.2 Å². The molecule has 0 saturated carbocycles. The van der Waals surface area contributed by atoms with Gasteiger partial charge in [0.1, 0.15) is 5.75 Å². The van der Waals surface area contributed by atoms with Crippen molar-refractivity contribution in [2.24, 2.45) is 0 Å². The maximum Gasteiger partial charge on any atom is 0.121 e. The second kappa shape index (κ2) is 5.61. The number of benzene rings is 1. The summed E-state index contributed by atoms with van der Waals surface area (Å²) in [5.41, 5.74) is 7.54. The van der Waals surface area contributed by atoms with Gasteiger partial charge >= 0.3 is 0 Å². The number of aliphatic hydroxyl groups is 1. The summed E-state index contributed by atoms with van der Waals surface area (Å²) < 4.78 is 5.17. The molecule has 0 unspecified atom stereocenters. The van der Waals surface area contributed by atoms with Crippen LogP contribution in [0.4, 0.5) is 11.4 Å². The van der Waals surface area contributed by atoms with E-state index >= 15 is 0 Å². The van der Waals surface area contributed by atoms with Gasteiger partial charge in [-0.1, -0.05) is 0 Å². The molecule has 0 saturated heterocycles. The van der Waals surface area contributed by atoms with Crippen LogP contribution >= 0.6 is 0 Å². The smallest absolute Gasteiger partial charge is 0.121 e. The van der Waals surface area contributed by atoms with Crippen molar-refractivity contribution in [2.75, 3.05) is 30.9 Å². The van der Waals surface area contributed by atoms with Crippen molar-refractivity contribution in [2.45, 2.75) is 19.9 Å². The number of rotatable bonds is 5. The molecule has 0 radical (unpaired) electrons. The molecule has 0 bridgehead atoms. The molecule has 0 atom stereocenters. The summed E-state index contributed by atoms with van der Waals surface area (Å²) in [7, 11) is 1.63. The summed E-state index contributed by atoms with van der Waals surface area (Å²) in [5, 5.41) is 9.05. The number of aliphatic hydroxyl groups excluding tert-OH is 1. The van der Waals surface area contributed by atoms with Crippen LogP contribution in [0, 0.1) is 0 Å². The molecule has 1 aromatic carbocycles. The zero-order valence-corrected chi connectivity index (χ0v) is 10.1. The van der Waals surface area contributed by atoms with Gasteiger partial charge in [-0.25, -0.2) is 0 Å². The number of nitrogens with two attached hydrogens (primary N) is 1. The first-order valence-corrected chi connectivity index (χ1v) is 5.41. The van der Waals surface area contributed by atoms with Crippen LogP contribution in [0.5, 0.6) is 5.75 Å². The van der Waals surface area contributed by atoms with Gasteiger partial charge in [0.25, 0.3) is 0 Å². The molecule has 0 aliphatic rings. The van der Waals surface area contributed by atoms with Gasteiger partial charge in [0.2, 0.25) is 0 Å². The quantitative estimate of drug-likeness (QED) is 0.744. The number of nitrogen functional groups attached to an aromatic ring is 1. The predicted molar refractivity (Wildman–Crippen MR) is 67.0 cm³/mol. The third-order valence-corrected chi connectivity index (χ3v) is 2.51. The number of hydrogen-bond acceptors (Lipinski definition) is 4. The fourth-order valence-electron chi connectivity index (χ4n) is 1.66. The lowest BCUT2D eigenvalue weighted by molar-refractivity contribution is 0.299. The van der Waals surface area contributed by atoms with Crippen LogP contribution in [0.25, 0.3) is 0 Å². The van der Waals surface area contributed by atoms with Crippen LogP contribution < -0.4 is 15.4 Å². The summed E-state index contributed by atoms with van der Waals surface area (Å²) in [4.78, 5) is 2.05. The molecule has 0 heterocycles. The molecule has 0 fully saturated rings. The molecule has 1 aromatic rings. The van der Waals surface area contributed by atoms with E-state index in [2.05, 4.69) is 18.7 Å². The number of ether oxygens (including phenoxy) is 1. The normalized spacial score (nSPS) is 10.6. The Morgan fingerprint density at radius 2 is 2.12 bits per heavy atom. The Bertz CT molecular complexity index is 340. The SMILES string of the molecule is COc1ccc(N)c(N(CCO)C(C)C)c1. The van der Waals surface area contributed by atoms with Gasteiger partial charge in [-0.05, 0) is 26.0 Å². The zero-order valence-electron chi connectivity index (χ0n) is 10.1. The van der Waals surface area contributed by atoms with Crippen molar-refractivity contribution in [1.29, 1.82) is 0 Å². The first-order chi connectivity index (χ1) is 7.60. The Hall–Kier alpha value is -1.42. The fourth-order valence-corrected chi connectivity index (χ4v) is 1.66. The predicted octanol–water partition coefficient (Wildman–Crippen LogP) is 1.48. The van der Waals surface area contributed by atoms with E-state index in [0.717, 1.165) is 11.4 Å². The molecule has 3 N–H and O–H groups in total. The first kappa shape index (κ1) is 12.6. The first-order valence-electron chi connectivity index (χ1n) is 5.41. The monoisotopic (exact) mass is 224 g/mol. The van der Waals surface area contributed by atoms with E-state index < -0.39 is 0 Å².